The Balaban J connectivity index is 2.15. The van der Waals surface area contributed by atoms with Gasteiger partial charge in [0, 0.05) is 27.6 Å². The molecule has 2 rings (SSSR count). The molecule has 2 aromatic rings. The highest BCUT2D eigenvalue weighted by Gasteiger charge is 2.07. The van der Waals surface area contributed by atoms with Crippen LogP contribution in [0.2, 0.25) is 0 Å². The first kappa shape index (κ1) is 14.0. The van der Waals surface area contributed by atoms with Gasteiger partial charge in [0.25, 0.3) is 5.69 Å². The first-order valence-corrected chi connectivity index (χ1v) is 7.08. The van der Waals surface area contributed by atoms with Gasteiger partial charge < -0.3 is 5.32 Å². The Morgan fingerprint density at radius 2 is 1.74 bits per heavy atom. The van der Waals surface area contributed by atoms with Crippen LogP contribution in [0.4, 0.5) is 11.4 Å². The quantitative estimate of drug-likeness (QED) is 0.611. The Kier molecular flexibility index (Phi) is 4.55. The van der Waals surface area contributed by atoms with Gasteiger partial charge in [0.2, 0.25) is 0 Å². The Labute approximate surface area is 127 Å². The maximum atomic E-state index is 10.7. The molecule has 0 aliphatic heterocycles. The third-order valence-corrected chi connectivity index (χ3v) is 3.88. The van der Waals surface area contributed by atoms with Crippen LogP contribution in [0.1, 0.15) is 5.56 Å². The van der Waals surface area contributed by atoms with Gasteiger partial charge in [-0.2, -0.15) is 0 Å². The van der Waals surface area contributed by atoms with Gasteiger partial charge in [0.05, 0.1) is 10.6 Å². The Morgan fingerprint density at radius 1 is 1.11 bits per heavy atom. The Bertz CT molecular complexity index is 597. The largest absolute Gasteiger partial charge is 0.379 e. The van der Waals surface area contributed by atoms with Crippen molar-refractivity contribution in [3.8, 4) is 0 Å². The van der Waals surface area contributed by atoms with E-state index >= 15 is 0 Å². The summed E-state index contributed by atoms with van der Waals surface area (Å²) in [4.78, 5) is 10.3. The first-order valence-electron chi connectivity index (χ1n) is 5.49. The van der Waals surface area contributed by atoms with Gasteiger partial charge in [0.15, 0.2) is 0 Å². The molecule has 4 nitrogen and oxygen atoms in total. The van der Waals surface area contributed by atoms with Crippen molar-refractivity contribution >= 4 is 43.2 Å². The lowest BCUT2D eigenvalue weighted by molar-refractivity contribution is -0.384. The van der Waals surface area contributed by atoms with Gasteiger partial charge in [-0.1, -0.05) is 18.2 Å². The summed E-state index contributed by atoms with van der Waals surface area (Å²) in [6.45, 7) is 0.517. The smallest absolute Gasteiger partial charge is 0.269 e. The number of nitrogens with zero attached hydrogens (tertiary/aromatic N) is 1. The lowest BCUT2D eigenvalue weighted by Crippen LogP contribution is -2.01. The Hall–Kier alpha value is -1.40. The molecule has 1 N–H and O–H groups in total. The predicted molar refractivity (Wildman–Crippen MR) is 82.3 cm³/mol. The number of rotatable bonds is 4. The molecule has 19 heavy (non-hydrogen) atoms. The number of para-hydroxylation sites is 1. The maximum absolute atomic E-state index is 10.7. The molecule has 0 saturated carbocycles. The molecule has 0 aromatic heterocycles. The zero-order valence-corrected chi connectivity index (χ0v) is 12.9. The molecule has 0 amide bonds. The van der Waals surface area contributed by atoms with E-state index in [2.05, 4.69) is 37.2 Å². The molecule has 2 aromatic carbocycles. The number of anilines is 1. The summed E-state index contributed by atoms with van der Waals surface area (Å²) >= 11 is 6.92. The molecule has 98 valence electrons. The van der Waals surface area contributed by atoms with Crippen LogP contribution in [0.5, 0.6) is 0 Å². The van der Waals surface area contributed by atoms with Crippen molar-refractivity contribution in [2.75, 3.05) is 5.32 Å². The van der Waals surface area contributed by atoms with Crippen molar-refractivity contribution in [2.45, 2.75) is 6.54 Å². The summed E-state index contributed by atoms with van der Waals surface area (Å²) in [5.74, 6) is 0. The lowest BCUT2D eigenvalue weighted by atomic mass is 10.2. The topological polar surface area (TPSA) is 55.2 Å². The van der Waals surface area contributed by atoms with Crippen molar-refractivity contribution < 1.29 is 4.92 Å². The van der Waals surface area contributed by atoms with E-state index in [1.54, 1.807) is 12.1 Å². The number of halogens is 2. The molecule has 0 aliphatic carbocycles. The van der Waals surface area contributed by atoms with E-state index in [-0.39, 0.29) is 5.69 Å². The van der Waals surface area contributed by atoms with Crippen LogP contribution in [0.3, 0.4) is 0 Å². The van der Waals surface area contributed by atoms with Gasteiger partial charge in [-0.3, -0.25) is 10.1 Å². The molecular formula is C13H10Br2N2O2. The second-order valence-electron chi connectivity index (χ2n) is 3.88. The fourth-order valence-corrected chi connectivity index (χ4v) is 2.92. The van der Waals surface area contributed by atoms with Crippen LogP contribution >= 0.6 is 31.9 Å². The third-order valence-electron chi connectivity index (χ3n) is 2.55. The minimum Gasteiger partial charge on any atom is -0.379 e. The van der Waals surface area contributed by atoms with E-state index in [1.807, 2.05) is 24.3 Å². The minimum atomic E-state index is -0.391. The highest BCUT2D eigenvalue weighted by molar-refractivity contribution is 9.11. The van der Waals surface area contributed by atoms with Gasteiger partial charge in [-0.05, 0) is 49.6 Å². The second kappa shape index (κ2) is 6.16. The fraction of sp³-hybridized carbons (Fsp3) is 0.0769. The summed E-state index contributed by atoms with van der Waals surface area (Å²) in [6.07, 6.45) is 0. The number of nitro benzene ring substituents is 1. The predicted octanol–water partition coefficient (Wildman–Crippen LogP) is 4.73. The summed E-state index contributed by atoms with van der Waals surface area (Å²) in [5, 5.41) is 14.0. The van der Waals surface area contributed by atoms with Gasteiger partial charge in [-0.15, -0.1) is 0 Å². The van der Waals surface area contributed by atoms with Gasteiger partial charge in [0.1, 0.15) is 0 Å². The average molecular weight is 386 g/mol. The van der Waals surface area contributed by atoms with Crippen LogP contribution in [0.25, 0.3) is 0 Å². The van der Waals surface area contributed by atoms with Gasteiger partial charge in [-0.25, -0.2) is 0 Å². The molecule has 0 heterocycles. The van der Waals surface area contributed by atoms with Crippen LogP contribution < -0.4 is 5.32 Å². The molecule has 0 spiro atoms. The monoisotopic (exact) mass is 384 g/mol. The summed E-state index contributed by atoms with van der Waals surface area (Å²) in [7, 11) is 0. The summed E-state index contributed by atoms with van der Waals surface area (Å²) in [6, 6.07) is 12.4. The molecule has 0 aliphatic rings. The van der Waals surface area contributed by atoms with Crippen LogP contribution in [-0.2, 0) is 6.54 Å². The molecule has 0 saturated heterocycles. The number of hydrogen-bond donors (Lipinski definition) is 1. The second-order valence-corrected chi connectivity index (χ2v) is 5.59. The van der Waals surface area contributed by atoms with E-state index in [0.717, 1.165) is 20.2 Å². The van der Waals surface area contributed by atoms with E-state index in [4.69, 9.17) is 0 Å². The average Bonchev–Trinajstić information content (AvgIpc) is 2.38. The molecule has 0 fully saturated rings. The van der Waals surface area contributed by atoms with E-state index in [1.165, 1.54) is 6.07 Å². The molecular weight excluding hydrogens is 376 g/mol. The molecule has 6 heteroatoms. The first-order chi connectivity index (χ1) is 9.08. The van der Waals surface area contributed by atoms with E-state index in [9.17, 15) is 10.1 Å². The number of hydrogen-bond acceptors (Lipinski definition) is 3. The zero-order valence-electron chi connectivity index (χ0n) is 9.77. The molecule has 0 atom stereocenters. The van der Waals surface area contributed by atoms with Crippen molar-refractivity contribution in [1.82, 2.24) is 0 Å². The maximum Gasteiger partial charge on any atom is 0.269 e. The highest BCUT2D eigenvalue weighted by atomic mass is 79.9. The van der Waals surface area contributed by atoms with Crippen LogP contribution in [0.15, 0.2) is 51.4 Å². The normalized spacial score (nSPS) is 10.2. The zero-order chi connectivity index (χ0) is 13.8. The van der Waals surface area contributed by atoms with Crippen molar-refractivity contribution in [3.05, 3.63) is 67.1 Å². The van der Waals surface area contributed by atoms with E-state index in [0.29, 0.717) is 6.54 Å². The van der Waals surface area contributed by atoms with Crippen molar-refractivity contribution in [2.24, 2.45) is 0 Å². The number of nitrogens with one attached hydrogen (secondary N) is 1. The molecule has 0 bridgehead atoms. The van der Waals surface area contributed by atoms with Gasteiger partial charge >= 0.3 is 0 Å². The molecule has 0 radical (unpaired) electrons. The van der Waals surface area contributed by atoms with Crippen molar-refractivity contribution in [3.63, 3.8) is 0 Å². The van der Waals surface area contributed by atoms with Crippen LogP contribution in [0, 0.1) is 10.1 Å². The minimum absolute atomic E-state index is 0.102. The lowest BCUT2D eigenvalue weighted by Gasteiger charge is -2.10. The molecule has 0 unspecified atom stereocenters. The number of non-ortho nitro benzene ring substituents is 1. The fourth-order valence-electron chi connectivity index (χ4n) is 1.64. The Morgan fingerprint density at radius 3 is 2.37 bits per heavy atom. The van der Waals surface area contributed by atoms with Crippen molar-refractivity contribution in [1.29, 1.82) is 0 Å². The number of nitro groups is 1. The third kappa shape index (κ3) is 3.54. The SMILES string of the molecule is O=[N+]([O-])c1cccc(CNc2c(Br)cccc2Br)c1. The number of benzene rings is 2. The van der Waals surface area contributed by atoms with E-state index < -0.39 is 4.92 Å². The standard InChI is InChI=1S/C13H10Br2N2O2/c14-11-5-2-6-12(15)13(11)16-8-9-3-1-4-10(7-9)17(18)19/h1-7,16H,8H2. The summed E-state index contributed by atoms with van der Waals surface area (Å²) < 4.78 is 1.87. The highest BCUT2D eigenvalue weighted by Crippen LogP contribution is 2.31. The summed E-state index contributed by atoms with van der Waals surface area (Å²) in [5.41, 5.74) is 1.89. The van der Waals surface area contributed by atoms with Crippen LogP contribution in [-0.4, -0.2) is 4.92 Å².